The molecule has 1 amide bonds. The fourth-order valence-corrected chi connectivity index (χ4v) is 3.50. The van der Waals surface area contributed by atoms with E-state index in [-0.39, 0.29) is 5.91 Å². The zero-order chi connectivity index (χ0) is 19.6. The molecule has 0 saturated heterocycles. The van der Waals surface area contributed by atoms with Gasteiger partial charge < -0.3 is 20.9 Å². The first-order valence-electron chi connectivity index (χ1n) is 9.51. The molecule has 4 aromatic rings. The second kappa shape index (κ2) is 7.27. The van der Waals surface area contributed by atoms with Crippen LogP contribution in [0.2, 0.25) is 0 Å². The number of anilines is 3. The topological polar surface area (TPSA) is 94.7 Å². The summed E-state index contributed by atoms with van der Waals surface area (Å²) in [4.78, 5) is 23.5. The van der Waals surface area contributed by atoms with E-state index in [1.165, 1.54) is 10.9 Å². The number of carbonyl (C=O) groups excluding carboxylic acids is 1. The number of rotatable bonds is 6. The molecule has 2 aromatic heterocycles. The van der Waals surface area contributed by atoms with Gasteiger partial charge in [0.2, 0.25) is 11.9 Å². The van der Waals surface area contributed by atoms with Crippen molar-refractivity contribution in [2.45, 2.75) is 19.5 Å². The van der Waals surface area contributed by atoms with Gasteiger partial charge in [-0.25, -0.2) is 4.98 Å². The van der Waals surface area contributed by atoms with E-state index >= 15 is 0 Å². The number of benzene rings is 2. The van der Waals surface area contributed by atoms with Crippen LogP contribution in [0.5, 0.6) is 0 Å². The minimum absolute atomic E-state index is 0.0443. The molecule has 5 rings (SSSR count). The molecule has 0 fully saturated rings. The Morgan fingerprint density at radius 3 is 2.79 bits per heavy atom. The van der Waals surface area contributed by atoms with Crippen molar-refractivity contribution in [1.29, 1.82) is 0 Å². The monoisotopic (exact) mass is 384 g/mol. The molecule has 0 saturated carbocycles. The van der Waals surface area contributed by atoms with E-state index in [2.05, 4.69) is 55.2 Å². The zero-order valence-corrected chi connectivity index (χ0v) is 15.7. The van der Waals surface area contributed by atoms with Crippen molar-refractivity contribution < 1.29 is 4.79 Å². The average molecular weight is 384 g/mol. The lowest BCUT2D eigenvalue weighted by molar-refractivity contribution is -0.115. The molecule has 144 valence electrons. The summed E-state index contributed by atoms with van der Waals surface area (Å²) in [6.07, 6.45) is 4.13. The summed E-state index contributed by atoms with van der Waals surface area (Å²) in [5, 5.41) is 10.7. The molecule has 0 radical (unpaired) electrons. The van der Waals surface area contributed by atoms with Crippen molar-refractivity contribution in [1.82, 2.24) is 15.0 Å². The molecule has 0 unspecified atom stereocenters. The highest BCUT2D eigenvalue weighted by Crippen LogP contribution is 2.24. The second-order valence-corrected chi connectivity index (χ2v) is 7.09. The van der Waals surface area contributed by atoms with Crippen LogP contribution < -0.4 is 16.0 Å². The number of aromatic nitrogens is 3. The second-order valence-electron chi connectivity index (χ2n) is 7.09. The molecular weight excluding hydrogens is 364 g/mol. The number of H-pyrrole nitrogens is 1. The highest BCUT2D eigenvalue weighted by atomic mass is 16.1. The van der Waals surface area contributed by atoms with E-state index in [1.54, 1.807) is 6.20 Å². The van der Waals surface area contributed by atoms with E-state index < -0.39 is 0 Å². The number of hydrogen-bond donors (Lipinski definition) is 4. The molecule has 0 aliphatic carbocycles. The Hall–Kier alpha value is -3.87. The molecular formula is C22H20N6O. The van der Waals surface area contributed by atoms with E-state index in [1.807, 2.05) is 30.5 Å². The number of fused-ring (bicyclic) bond motifs is 2. The molecule has 0 atom stereocenters. The largest absolute Gasteiger partial charge is 0.366 e. The van der Waals surface area contributed by atoms with Crippen LogP contribution in [0.15, 0.2) is 60.9 Å². The van der Waals surface area contributed by atoms with Gasteiger partial charge in [-0.3, -0.25) is 4.79 Å². The van der Waals surface area contributed by atoms with Gasteiger partial charge in [-0.15, -0.1) is 0 Å². The first kappa shape index (κ1) is 17.2. The summed E-state index contributed by atoms with van der Waals surface area (Å²) in [7, 11) is 0. The quantitative estimate of drug-likeness (QED) is 0.407. The highest BCUT2D eigenvalue weighted by molar-refractivity contribution is 5.99. The van der Waals surface area contributed by atoms with E-state index in [0.29, 0.717) is 25.5 Å². The van der Waals surface area contributed by atoms with Crippen molar-refractivity contribution in [2.24, 2.45) is 0 Å². The Bertz CT molecular complexity index is 1200. The van der Waals surface area contributed by atoms with Gasteiger partial charge in [0.25, 0.3) is 0 Å². The summed E-state index contributed by atoms with van der Waals surface area (Å²) < 4.78 is 0. The van der Waals surface area contributed by atoms with E-state index in [4.69, 9.17) is 0 Å². The first-order chi connectivity index (χ1) is 14.2. The van der Waals surface area contributed by atoms with Crippen molar-refractivity contribution in [3.05, 3.63) is 77.6 Å². The van der Waals surface area contributed by atoms with Crippen molar-refractivity contribution in [2.75, 3.05) is 16.0 Å². The Labute approximate surface area is 167 Å². The minimum Gasteiger partial charge on any atom is -0.366 e. The van der Waals surface area contributed by atoms with E-state index in [9.17, 15) is 4.79 Å². The van der Waals surface area contributed by atoms with Crippen LogP contribution in [0.25, 0.3) is 10.9 Å². The van der Waals surface area contributed by atoms with Crippen LogP contribution in [-0.2, 0) is 24.3 Å². The molecule has 4 N–H and O–H groups in total. The van der Waals surface area contributed by atoms with Crippen molar-refractivity contribution in [3.63, 3.8) is 0 Å². The standard InChI is InChI=1S/C22H20N6O/c29-21-11-16-3-1-15(10-19(16)27-21)13-26-22-24-8-6-20(28-22)25-12-14-2-4-18-17(9-14)5-7-23-18/h1-10,23H,11-13H2,(H,27,29)(H2,24,25,26,28). The summed E-state index contributed by atoms with van der Waals surface area (Å²) >= 11 is 0. The third kappa shape index (κ3) is 3.75. The van der Waals surface area contributed by atoms with Crippen molar-refractivity contribution >= 4 is 34.3 Å². The molecule has 2 aromatic carbocycles. The van der Waals surface area contributed by atoms with Gasteiger partial charge in [-0.1, -0.05) is 18.2 Å². The van der Waals surface area contributed by atoms with Gasteiger partial charge >= 0.3 is 0 Å². The van der Waals surface area contributed by atoms with Gasteiger partial charge in [0.15, 0.2) is 0 Å². The van der Waals surface area contributed by atoms with Crippen LogP contribution in [-0.4, -0.2) is 20.9 Å². The maximum atomic E-state index is 11.5. The maximum absolute atomic E-state index is 11.5. The zero-order valence-electron chi connectivity index (χ0n) is 15.7. The fraction of sp³-hybridized carbons (Fsp3) is 0.136. The third-order valence-corrected chi connectivity index (χ3v) is 5.00. The van der Waals surface area contributed by atoms with Crippen LogP contribution in [0.3, 0.4) is 0 Å². The Morgan fingerprint density at radius 2 is 1.83 bits per heavy atom. The number of amides is 1. The Balaban J connectivity index is 1.22. The summed E-state index contributed by atoms with van der Waals surface area (Å²) in [6.45, 7) is 1.26. The lowest BCUT2D eigenvalue weighted by Crippen LogP contribution is -2.07. The predicted molar refractivity (Wildman–Crippen MR) is 114 cm³/mol. The first-order valence-corrected chi connectivity index (χ1v) is 9.51. The minimum atomic E-state index is 0.0443. The molecule has 0 spiro atoms. The lowest BCUT2D eigenvalue weighted by Gasteiger charge is -2.09. The molecule has 29 heavy (non-hydrogen) atoms. The normalized spacial score (nSPS) is 12.6. The highest BCUT2D eigenvalue weighted by Gasteiger charge is 2.17. The Kier molecular flexibility index (Phi) is 4.32. The maximum Gasteiger partial charge on any atom is 0.228 e. The lowest BCUT2D eigenvalue weighted by atomic mass is 10.1. The van der Waals surface area contributed by atoms with Crippen LogP contribution in [0, 0.1) is 0 Å². The van der Waals surface area contributed by atoms with Crippen LogP contribution >= 0.6 is 0 Å². The Morgan fingerprint density at radius 1 is 0.966 bits per heavy atom. The number of carbonyl (C=O) groups is 1. The molecule has 1 aliphatic heterocycles. The number of nitrogens with one attached hydrogen (secondary N) is 4. The van der Waals surface area contributed by atoms with Crippen molar-refractivity contribution in [3.8, 4) is 0 Å². The molecule has 7 heteroatoms. The van der Waals surface area contributed by atoms with Crippen LogP contribution in [0.4, 0.5) is 17.5 Å². The van der Waals surface area contributed by atoms with Gasteiger partial charge in [-0.05, 0) is 52.4 Å². The molecule has 1 aliphatic rings. The molecule has 7 nitrogen and oxygen atoms in total. The third-order valence-electron chi connectivity index (χ3n) is 5.00. The summed E-state index contributed by atoms with van der Waals surface area (Å²) in [5.41, 5.74) is 5.32. The molecule has 0 bridgehead atoms. The van der Waals surface area contributed by atoms with Crippen LogP contribution in [0.1, 0.15) is 16.7 Å². The van der Waals surface area contributed by atoms with Gasteiger partial charge in [-0.2, -0.15) is 4.98 Å². The smallest absolute Gasteiger partial charge is 0.228 e. The molecule has 3 heterocycles. The number of hydrogen-bond acceptors (Lipinski definition) is 5. The average Bonchev–Trinajstić information content (AvgIpc) is 3.35. The predicted octanol–water partition coefficient (Wildman–Crippen LogP) is 3.68. The van der Waals surface area contributed by atoms with Gasteiger partial charge in [0, 0.05) is 36.7 Å². The summed E-state index contributed by atoms with van der Waals surface area (Å²) in [5.74, 6) is 1.36. The van der Waals surface area contributed by atoms with Gasteiger partial charge in [0.05, 0.1) is 6.42 Å². The number of aromatic amines is 1. The number of nitrogens with zero attached hydrogens (tertiary/aromatic N) is 2. The van der Waals surface area contributed by atoms with E-state index in [0.717, 1.165) is 28.1 Å². The van der Waals surface area contributed by atoms with Gasteiger partial charge in [0.1, 0.15) is 5.82 Å². The fourth-order valence-electron chi connectivity index (χ4n) is 3.50. The summed E-state index contributed by atoms with van der Waals surface area (Å²) in [6, 6.07) is 16.3. The SMILES string of the molecule is O=C1Cc2ccc(CNc3nccc(NCc4ccc5[nH]ccc5c4)n3)cc2N1.